The van der Waals surface area contributed by atoms with Gasteiger partial charge >= 0.3 is 0 Å². The number of aromatic nitrogens is 1. The van der Waals surface area contributed by atoms with Crippen molar-refractivity contribution in [2.45, 2.75) is 30.2 Å². The van der Waals surface area contributed by atoms with Crippen LogP contribution in [0.25, 0.3) is 10.2 Å². The molecule has 0 spiro atoms. The predicted octanol–water partition coefficient (Wildman–Crippen LogP) is 3.92. The van der Waals surface area contributed by atoms with Gasteiger partial charge in [-0.05, 0) is 49.6 Å². The van der Waals surface area contributed by atoms with Crippen LogP contribution in [0.5, 0.6) is 5.75 Å². The van der Waals surface area contributed by atoms with Crippen LogP contribution in [0, 0.1) is 0 Å². The number of carbonyl (C=O) groups is 1. The molecule has 0 saturated carbocycles. The predicted molar refractivity (Wildman–Crippen MR) is 121 cm³/mol. The third kappa shape index (κ3) is 4.05. The van der Waals surface area contributed by atoms with Gasteiger partial charge in [0, 0.05) is 26.2 Å². The first-order chi connectivity index (χ1) is 14.8. The topological polar surface area (TPSA) is 79.8 Å². The molecule has 0 unspecified atom stereocenters. The molecule has 0 bridgehead atoms. The summed E-state index contributed by atoms with van der Waals surface area (Å²) in [7, 11) is 0.565. The molecule has 3 aromatic rings. The lowest BCUT2D eigenvalue weighted by Gasteiger charge is -2.34. The highest BCUT2D eigenvalue weighted by molar-refractivity contribution is 7.89. The standard InChI is InChI=1S/C22H25N3O4S2/c1-24(2)31(27,28)20-14-15(11-12-18(20)29-3)22(26)25-13-7-6-9-17(25)21-23-16-8-4-5-10-19(16)30-21/h4-5,8,10-12,14,17H,6-7,9,13H2,1-3H3/t17-/m0/s1. The van der Waals surface area contributed by atoms with E-state index in [0.717, 1.165) is 38.8 Å². The van der Waals surface area contributed by atoms with Crippen molar-refractivity contribution in [3.8, 4) is 5.75 Å². The molecular weight excluding hydrogens is 434 g/mol. The summed E-state index contributed by atoms with van der Waals surface area (Å²) in [6, 6.07) is 12.4. The van der Waals surface area contributed by atoms with E-state index in [4.69, 9.17) is 9.72 Å². The molecule has 2 heterocycles. The minimum atomic E-state index is -3.76. The van der Waals surface area contributed by atoms with Crippen LogP contribution in [-0.2, 0) is 10.0 Å². The molecule has 1 amide bonds. The number of benzene rings is 2. The maximum Gasteiger partial charge on any atom is 0.254 e. The van der Waals surface area contributed by atoms with Crippen LogP contribution in [0.4, 0.5) is 0 Å². The molecule has 31 heavy (non-hydrogen) atoms. The SMILES string of the molecule is COc1ccc(C(=O)N2CCCC[C@H]2c2nc3ccccc3s2)cc1S(=O)(=O)N(C)C. The Bertz CT molecular complexity index is 1190. The van der Waals surface area contributed by atoms with E-state index in [-0.39, 0.29) is 22.6 Å². The highest BCUT2D eigenvalue weighted by atomic mass is 32.2. The van der Waals surface area contributed by atoms with Crippen molar-refractivity contribution in [1.29, 1.82) is 0 Å². The number of thiazole rings is 1. The summed E-state index contributed by atoms with van der Waals surface area (Å²) in [5.41, 5.74) is 1.26. The van der Waals surface area contributed by atoms with Crippen molar-refractivity contribution in [2.24, 2.45) is 0 Å². The van der Waals surface area contributed by atoms with Crippen molar-refractivity contribution < 1.29 is 17.9 Å². The van der Waals surface area contributed by atoms with E-state index in [1.807, 2.05) is 29.2 Å². The number of hydrogen-bond acceptors (Lipinski definition) is 6. The van der Waals surface area contributed by atoms with Crippen molar-refractivity contribution in [3.63, 3.8) is 0 Å². The van der Waals surface area contributed by atoms with E-state index < -0.39 is 10.0 Å². The maximum atomic E-state index is 13.5. The van der Waals surface area contributed by atoms with E-state index >= 15 is 0 Å². The third-order valence-corrected chi connectivity index (χ3v) is 8.50. The van der Waals surface area contributed by atoms with E-state index in [9.17, 15) is 13.2 Å². The van der Waals surface area contributed by atoms with Gasteiger partial charge < -0.3 is 9.64 Å². The molecule has 7 nitrogen and oxygen atoms in total. The van der Waals surface area contributed by atoms with Crippen LogP contribution in [0.2, 0.25) is 0 Å². The second-order valence-corrected chi connectivity index (χ2v) is 10.9. The third-order valence-electron chi connectivity index (χ3n) is 5.53. The molecular formula is C22H25N3O4S2. The number of likely N-dealkylation sites (tertiary alicyclic amines) is 1. The summed E-state index contributed by atoms with van der Waals surface area (Å²) in [6.07, 6.45) is 2.77. The molecule has 0 N–H and O–H groups in total. The number of piperidine rings is 1. The Labute approximate surface area is 186 Å². The lowest BCUT2D eigenvalue weighted by molar-refractivity contribution is 0.0611. The normalized spacial score (nSPS) is 17.3. The first-order valence-electron chi connectivity index (χ1n) is 10.1. The average molecular weight is 460 g/mol. The van der Waals surface area contributed by atoms with Gasteiger partial charge in [0.1, 0.15) is 15.7 Å². The highest BCUT2D eigenvalue weighted by Gasteiger charge is 2.32. The van der Waals surface area contributed by atoms with Gasteiger partial charge in [0.05, 0.1) is 23.4 Å². The molecule has 1 fully saturated rings. The van der Waals surface area contributed by atoms with Crippen molar-refractivity contribution in [1.82, 2.24) is 14.2 Å². The zero-order valence-corrected chi connectivity index (χ0v) is 19.4. The lowest BCUT2D eigenvalue weighted by atomic mass is 10.0. The number of para-hydroxylation sites is 1. The molecule has 1 aliphatic heterocycles. The highest BCUT2D eigenvalue weighted by Crippen LogP contribution is 2.37. The molecule has 1 saturated heterocycles. The van der Waals surface area contributed by atoms with E-state index in [1.54, 1.807) is 23.5 Å². The number of sulfonamides is 1. The van der Waals surface area contributed by atoms with Crippen LogP contribution >= 0.6 is 11.3 Å². The summed E-state index contributed by atoms with van der Waals surface area (Å²) < 4.78 is 33.0. The number of ether oxygens (including phenoxy) is 1. The first-order valence-corrected chi connectivity index (χ1v) is 12.4. The van der Waals surface area contributed by atoms with E-state index in [1.165, 1.54) is 27.3 Å². The molecule has 164 valence electrons. The van der Waals surface area contributed by atoms with Gasteiger partial charge in [0.25, 0.3) is 5.91 Å². The first kappa shape index (κ1) is 21.7. The minimum absolute atomic E-state index is 0.0144. The fourth-order valence-electron chi connectivity index (χ4n) is 3.84. The zero-order chi connectivity index (χ0) is 22.2. The van der Waals surface area contributed by atoms with Crippen LogP contribution in [-0.4, -0.2) is 56.3 Å². The molecule has 4 rings (SSSR count). The minimum Gasteiger partial charge on any atom is -0.495 e. The Morgan fingerprint density at radius 3 is 2.68 bits per heavy atom. The van der Waals surface area contributed by atoms with Gasteiger partial charge in [0.2, 0.25) is 10.0 Å². The number of amides is 1. The number of hydrogen-bond donors (Lipinski definition) is 0. The zero-order valence-electron chi connectivity index (χ0n) is 17.7. The van der Waals surface area contributed by atoms with Gasteiger partial charge in [0.15, 0.2) is 0 Å². The second kappa shape index (κ2) is 8.57. The Kier molecular flexibility index (Phi) is 6.00. The average Bonchev–Trinajstić information content (AvgIpc) is 3.22. The number of rotatable bonds is 5. The summed E-state index contributed by atoms with van der Waals surface area (Å²) in [6.45, 7) is 0.612. The number of carbonyl (C=O) groups excluding carboxylic acids is 1. The summed E-state index contributed by atoms with van der Waals surface area (Å²) in [5, 5.41) is 0.920. The van der Waals surface area contributed by atoms with Gasteiger partial charge in [-0.2, -0.15) is 0 Å². The van der Waals surface area contributed by atoms with Crippen LogP contribution in [0.15, 0.2) is 47.4 Å². The molecule has 1 aliphatic rings. The maximum absolute atomic E-state index is 13.5. The molecule has 1 atom stereocenters. The monoisotopic (exact) mass is 459 g/mol. The number of nitrogens with zero attached hydrogens (tertiary/aromatic N) is 3. The smallest absolute Gasteiger partial charge is 0.254 e. The molecule has 0 radical (unpaired) electrons. The van der Waals surface area contributed by atoms with Gasteiger partial charge in [-0.1, -0.05) is 12.1 Å². The quantitative estimate of drug-likeness (QED) is 0.578. The Hall–Kier alpha value is -2.49. The second-order valence-electron chi connectivity index (χ2n) is 7.68. The molecule has 0 aliphatic carbocycles. The summed E-state index contributed by atoms with van der Waals surface area (Å²) in [5.74, 6) is 0.0217. The Balaban J connectivity index is 1.72. The van der Waals surface area contributed by atoms with Crippen molar-refractivity contribution >= 4 is 37.5 Å². The van der Waals surface area contributed by atoms with Gasteiger partial charge in [-0.25, -0.2) is 17.7 Å². The van der Waals surface area contributed by atoms with Crippen molar-refractivity contribution in [3.05, 3.63) is 53.0 Å². The summed E-state index contributed by atoms with van der Waals surface area (Å²) >= 11 is 1.61. The van der Waals surface area contributed by atoms with Crippen LogP contribution in [0.3, 0.4) is 0 Å². The van der Waals surface area contributed by atoms with E-state index in [0.29, 0.717) is 12.1 Å². The molecule has 9 heteroatoms. The fourth-order valence-corrected chi connectivity index (χ4v) is 6.03. The Morgan fingerprint density at radius 1 is 1.19 bits per heavy atom. The Morgan fingerprint density at radius 2 is 1.97 bits per heavy atom. The lowest BCUT2D eigenvalue weighted by Crippen LogP contribution is -2.38. The van der Waals surface area contributed by atoms with E-state index in [2.05, 4.69) is 0 Å². The number of fused-ring (bicyclic) bond motifs is 1. The fraction of sp³-hybridized carbons (Fsp3) is 0.364. The van der Waals surface area contributed by atoms with Crippen LogP contribution < -0.4 is 4.74 Å². The van der Waals surface area contributed by atoms with Crippen LogP contribution in [0.1, 0.15) is 40.7 Å². The van der Waals surface area contributed by atoms with Gasteiger partial charge in [-0.3, -0.25) is 4.79 Å². The molecule has 1 aromatic heterocycles. The summed E-state index contributed by atoms with van der Waals surface area (Å²) in [4.78, 5) is 20.1. The van der Waals surface area contributed by atoms with Crippen molar-refractivity contribution in [2.75, 3.05) is 27.7 Å². The number of methoxy groups -OCH3 is 1. The molecule has 2 aromatic carbocycles. The van der Waals surface area contributed by atoms with Gasteiger partial charge in [-0.15, -0.1) is 11.3 Å². The largest absolute Gasteiger partial charge is 0.495 e.